The monoisotopic (exact) mass is 1250 g/mol. The van der Waals surface area contributed by atoms with E-state index in [-0.39, 0.29) is 25.6 Å². The third kappa shape index (κ3) is 73.9. The van der Waals surface area contributed by atoms with Crippen molar-refractivity contribution in [1.82, 2.24) is 0 Å². The molecule has 0 saturated heterocycles. The van der Waals surface area contributed by atoms with Crippen molar-refractivity contribution in [3.8, 4) is 0 Å². The van der Waals surface area contributed by atoms with E-state index in [2.05, 4.69) is 13.8 Å². The van der Waals surface area contributed by atoms with Crippen LogP contribution in [0.25, 0.3) is 0 Å². The van der Waals surface area contributed by atoms with Gasteiger partial charge in [-0.25, -0.2) is 4.57 Å². The maximum Gasteiger partial charge on any atom is 0.472 e. The molecule has 0 amide bonds. The minimum absolute atomic E-state index is 0.0378. The lowest BCUT2D eigenvalue weighted by Crippen LogP contribution is -2.37. The fourth-order valence-electron chi connectivity index (χ4n) is 12.4. The Morgan fingerprint density at radius 1 is 0.310 bits per heavy atom. The number of phosphoric acid groups is 1. The predicted molar refractivity (Wildman–Crippen MR) is 377 cm³/mol. The summed E-state index contributed by atoms with van der Waals surface area (Å²) >= 11 is 0. The minimum atomic E-state index is -4.39. The first-order chi connectivity index (χ1) is 42.5. The van der Waals surface area contributed by atoms with Gasteiger partial charge in [-0.1, -0.05) is 406 Å². The number of esters is 2. The van der Waals surface area contributed by atoms with E-state index in [1.165, 1.54) is 366 Å². The van der Waals surface area contributed by atoms with Crippen molar-refractivity contribution in [2.24, 2.45) is 0 Å². The van der Waals surface area contributed by atoms with Gasteiger partial charge in [0.05, 0.1) is 27.7 Å². The molecule has 520 valence electrons. The van der Waals surface area contributed by atoms with Gasteiger partial charge in [0.25, 0.3) is 0 Å². The molecule has 10 heteroatoms. The lowest BCUT2D eigenvalue weighted by Gasteiger charge is -2.24. The maximum absolute atomic E-state index is 12.9. The van der Waals surface area contributed by atoms with E-state index in [9.17, 15) is 19.0 Å². The molecular formula is C77H155NO8P+. The summed E-state index contributed by atoms with van der Waals surface area (Å²) < 4.78 is 34.8. The van der Waals surface area contributed by atoms with Crippen LogP contribution in [0, 0.1) is 0 Å². The van der Waals surface area contributed by atoms with Crippen molar-refractivity contribution in [3.05, 3.63) is 0 Å². The van der Waals surface area contributed by atoms with Crippen LogP contribution in [-0.2, 0) is 32.7 Å². The largest absolute Gasteiger partial charge is 0.472 e. The van der Waals surface area contributed by atoms with E-state index in [4.69, 9.17) is 18.5 Å². The van der Waals surface area contributed by atoms with Gasteiger partial charge in [0.15, 0.2) is 6.10 Å². The molecule has 0 bridgehead atoms. The normalized spacial score (nSPS) is 12.9. The number of carbonyl (C=O) groups excluding carboxylic acids is 2. The highest BCUT2D eigenvalue weighted by atomic mass is 31.2. The Morgan fingerprint density at radius 2 is 0.517 bits per heavy atom. The third-order valence-electron chi connectivity index (χ3n) is 18.4. The van der Waals surface area contributed by atoms with Gasteiger partial charge in [0.1, 0.15) is 19.8 Å². The third-order valence-corrected chi connectivity index (χ3v) is 19.4. The van der Waals surface area contributed by atoms with Crippen LogP contribution in [0.3, 0.4) is 0 Å². The first kappa shape index (κ1) is 86.0. The molecule has 0 aliphatic rings. The summed E-state index contributed by atoms with van der Waals surface area (Å²) in [5.41, 5.74) is 0. The summed E-state index contributed by atoms with van der Waals surface area (Å²) in [5, 5.41) is 0. The van der Waals surface area contributed by atoms with Crippen molar-refractivity contribution in [2.75, 3.05) is 47.5 Å². The van der Waals surface area contributed by atoms with Crippen molar-refractivity contribution >= 4 is 19.8 Å². The molecule has 0 aromatic rings. The zero-order chi connectivity index (χ0) is 63.4. The highest BCUT2D eigenvalue weighted by Gasteiger charge is 2.27. The number of carbonyl (C=O) groups is 2. The molecule has 0 rings (SSSR count). The van der Waals surface area contributed by atoms with Crippen molar-refractivity contribution in [3.63, 3.8) is 0 Å². The van der Waals surface area contributed by atoms with E-state index in [0.717, 1.165) is 38.5 Å². The number of likely N-dealkylation sites (N-methyl/N-ethyl adjacent to an activating group) is 1. The molecule has 0 heterocycles. The van der Waals surface area contributed by atoms with Gasteiger partial charge >= 0.3 is 19.8 Å². The minimum Gasteiger partial charge on any atom is -0.462 e. The average molecular weight is 1250 g/mol. The zero-order valence-electron chi connectivity index (χ0n) is 59.6. The van der Waals surface area contributed by atoms with E-state index in [0.29, 0.717) is 17.4 Å². The first-order valence-corrected chi connectivity index (χ1v) is 40.8. The van der Waals surface area contributed by atoms with E-state index < -0.39 is 26.5 Å². The summed E-state index contributed by atoms with van der Waals surface area (Å²) in [6.45, 7) is 4.54. The smallest absolute Gasteiger partial charge is 0.462 e. The van der Waals surface area contributed by atoms with Crippen LogP contribution in [-0.4, -0.2) is 74.9 Å². The summed E-state index contributed by atoms with van der Waals surface area (Å²) in [7, 11) is 1.51. The van der Waals surface area contributed by atoms with E-state index in [1.54, 1.807) is 0 Å². The summed E-state index contributed by atoms with van der Waals surface area (Å²) in [4.78, 5) is 35.9. The Hall–Kier alpha value is -0.990. The number of ether oxygens (including phenoxy) is 2. The molecule has 0 fully saturated rings. The Balaban J connectivity index is 3.89. The zero-order valence-corrected chi connectivity index (χ0v) is 60.5. The Labute approximate surface area is 544 Å². The molecule has 87 heavy (non-hydrogen) atoms. The van der Waals surface area contributed by atoms with Crippen LogP contribution in [0.2, 0.25) is 0 Å². The Morgan fingerprint density at radius 3 is 0.736 bits per heavy atom. The molecule has 0 aliphatic carbocycles. The van der Waals surface area contributed by atoms with Gasteiger partial charge in [-0.05, 0) is 12.8 Å². The summed E-state index contributed by atoms with van der Waals surface area (Å²) in [5.74, 6) is -0.765. The second kappa shape index (κ2) is 69.4. The molecule has 0 aromatic heterocycles. The molecule has 0 saturated carbocycles. The number of quaternary nitrogens is 1. The lowest BCUT2D eigenvalue weighted by atomic mass is 10.0. The predicted octanol–water partition coefficient (Wildman–Crippen LogP) is 25.7. The molecule has 0 aromatic carbocycles. The van der Waals surface area contributed by atoms with E-state index in [1.807, 2.05) is 21.1 Å². The second-order valence-electron chi connectivity index (χ2n) is 28.5. The standard InChI is InChI=1S/C77H154NO8P/c1-6-8-10-12-14-16-18-20-22-24-26-28-30-32-34-35-36-37-38-39-40-41-42-44-46-48-50-52-54-56-58-60-62-64-66-68-70-77(80)86-75(74-85-87(81,82)84-72-71-78(3,4)5)73-83-76(79)69-67-65-63-61-59-57-55-53-51-49-47-45-43-33-31-29-27-25-23-21-19-17-15-13-11-9-7-2/h75H,6-74H2,1-5H3/p+1. The van der Waals surface area contributed by atoms with Crippen LogP contribution in [0.5, 0.6) is 0 Å². The lowest BCUT2D eigenvalue weighted by molar-refractivity contribution is -0.870. The first-order valence-electron chi connectivity index (χ1n) is 39.3. The average Bonchev–Trinajstić information content (AvgIpc) is 3.50. The molecule has 0 spiro atoms. The molecule has 1 N–H and O–H groups in total. The summed E-state index contributed by atoms with van der Waals surface area (Å²) in [6.07, 6.45) is 85.4. The highest BCUT2D eigenvalue weighted by Crippen LogP contribution is 2.43. The number of nitrogens with zero attached hydrogens (tertiary/aromatic N) is 1. The van der Waals surface area contributed by atoms with Crippen molar-refractivity contribution < 1.29 is 42.1 Å². The molecule has 9 nitrogen and oxygen atoms in total. The number of hydrogen-bond donors (Lipinski definition) is 1. The fraction of sp³-hybridized carbons (Fsp3) is 0.974. The van der Waals surface area contributed by atoms with Crippen LogP contribution >= 0.6 is 7.82 Å². The molecular weight excluding hydrogens is 1100 g/mol. The SMILES string of the molecule is CCCCCCCCCCCCCCCCCCCCCCCCCCCCCCCCCCCCCCC(=O)OC(COC(=O)CCCCCCCCCCCCCCCCCCCCCCCCCCCCC)COP(=O)(O)OCC[N+](C)(C)C. The van der Waals surface area contributed by atoms with Crippen LogP contribution in [0.4, 0.5) is 0 Å². The Kier molecular flexibility index (Phi) is 68.6. The quantitative estimate of drug-likeness (QED) is 0.0278. The van der Waals surface area contributed by atoms with Gasteiger partial charge in [-0.2, -0.15) is 0 Å². The topological polar surface area (TPSA) is 108 Å². The Bertz CT molecular complexity index is 1420. The van der Waals surface area contributed by atoms with Crippen LogP contribution in [0.1, 0.15) is 431 Å². The van der Waals surface area contributed by atoms with Gasteiger partial charge in [-0.3, -0.25) is 18.6 Å². The van der Waals surface area contributed by atoms with Crippen molar-refractivity contribution in [1.29, 1.82) is 0 Å². The molecule has 2 unspecified atom stereocenters. The molecule has 2 atom stereocenters. The number of unbranched alkanes of at least 4 members (excludes halogenated alkanes) is 61. The number of hydrogen-bond acceptors (Lipinski definition) is 7. The van der Waals surface area contributed by atoms with Gasteiger partial charge < -0.3 is 18.9 Å². The van der Waals surface area contributed by atoms with E-state index >= 15 is 0 Å². The summed E-state index contributed by atoms with van der Waals surface area (Å²) in [6, 6.07) is 0. The maximum atomic E-state index is 12.9. The second-order valence-corrected chi connectivity index (χ2v) is 29.9. The molecule has 0 aliphatic heterocycles. The molecule has 0 radical (unpaired) electrons. The van der Waals surface area contributed by atoms with Crippen LogP contribution < -0.4 is 0 Å². The van der Waals surface area contributed by atoms with Gasteiger partial charge in [-0.15, -0.1) is 0 Å². The van der Waals surface area contributed by atoms with Crippen molar-refractivity contribution in [2.45, 2.75) is 437 Å². The number of phosphoric ester groups is 1. The highest BCUT2D eigenvalue weighted by molar-refractivity contribution is 7.47. The fourth-order valence-corrected chi connectivity index (χ4v) is 13.1. The van der Waals surface area contributed by atoms with Gasteiger partial charge in [0.2, 0.25) is 0 Å². The number of rotatable bonds is 75. The van der Waals surface area contributed by atoms with Crippen LogP contribution in [0.15, 0.2) is 0 Å². The van der Waals surface area contributed by atoms with Gasteiger partial charge in [0, 0.05) is 12.8 Å².